The zero-order valence-corrected chi connectivity index (χ0v) is 15.4. The Hall–Kier alpha value is -2.40. The predicted octanol–water partition coefficient (Wildman–Crippen LogP) is 3.64. The average Bonchev–Trinajstić information content (AvgIpc) is 3.07. The summed E-state index contributed by atoms with van der Waals surface area (Å²) in [7, 11) is 0. The van der Waals surface area contributed by atoms with Crippen molar-refractivity contribution in [2.24, 2.45) is 0 Å². The molecule has 4 nitrogen and oxygen atoms in total. The molecule has 0 radical (unpaired) electrons. The summed E-state index contributed by atoms with van der Waals surface area (Å²) in [6.45, 7) is 6.52. The Labute approximate surface area is 154 Å². The van der Waals surface area contributed by atoms with Crippen molar-refractivity contribution < 1.29 is 9.18 Å². The Morgan fingerprint density at radius 1 is 1.19 bits per heavy atom. The number of anilines is 2. The summed E-state index contributed by atoms with van der Waals surface area (Å²) >= 11 is 0. The molecule has 1 heterocycles. The lowest BCUT2D eigenvalue weighted by atomic mass is 10.1. The molecule has 1 unspecified atom stereocenters. The number of benzene rings is 2. The second-order valence-corrected chi connectivity index (χ2v) is 6.98. The van der Waals surface area contributed by atoms with E-state index >= 15 is 0 Å². The second-order valence-electron chi connectivity index (χ2n) is 6.98. The van der Waals surface area contributed by atoms with E-state index in [1.165, 1.54) is 17.7 Å². The van der Waals surface area contributed by atoms with Crippen LogP contribution in [-0.2, 0) is 4.79 Å². The molecule has 1 aliphatic rings. The van der Waals surface area contributed by atoms with Gasteiger partial charge in [0.1, 0.15) is 5.82 Å². The van der Waals surface area contributed by atoms with Gasteiger partial charge < -0.3 is 15.5 Å². The van der Waals surface area contributed by atoms with Crippen LogP contribution in [0.4, 0.5) is 15.8 Å². The zero-order valence-electron chi connectivity index (χ0n) is 15.4. The van der Waals surface area contributed by atoms with Gasteiger partial charge in [-0.15, -0.1) is 0 Å². The maximum Gasteiger partial charge on any atom is 0.225 e. The van der Waals surface area contributed by atoms with Crippen molar-refractivity contribution in [3.8, 4) is 0 Å². The second kappa shape index (κ2) is 8.32. The molecule has 2 aromatic rings. The summed E-state index contributed by atoms with van der Waals surface area (Å²) in [5.41, 5.74) is 4.19. The summed E-state index contributed by atoms with van der Waals surface area (Å²) in [6, 6.07) is 13.0. The van der Waals surface area contributed by atoms with Gasteiger partial charge in [0.25, 0.3) is 0 Å². The summed E-state index contributed by atoms with van der Waals surface area (Å²) in [6.07, 6.45) is 1.47. The summed E-state index contributed by atoms with van der Waals surface area (Å²) in [4.78, 5) is 14.4. The molecule has 5 heteroatoms. The summed E-state index contributed by atoms with van der Waals surface area (Å²) in [5, 5.41) is 6.43. The van der Waals surface area contributed by atoms with Gasteiger partial charge in [-0.25, -0.2) is 4.39 Å². The number of hydrogen-bond acceptors (Lipinski definition) is 3. The molecule has 1 saturated heterocycles. The Morgan fingerprint density at radius 2 is 1.96 bits per heavy atom. The van der Waals surface area contributed by atoms with Crippen molar-refractivity contribution >= 4 is 17.3 Å². The third-order valence-corrected chi connectivity index (χ3v) is 4.82. The smallest absolute Gasteiger partial charge is 0.225 e. The van der Waals surface area contributed by atoms with Crippen LogP contribution < -0.4 is 15.5 Å². The highest BCUT2D eigenvalue weighted by molar-refractivity contribution is 5.91. The molecule has 3 rings (SSSR count). The van der Waals surface area contributed by atoms with Crippen LogP contribution in [0.5, 0.6) is 0 Å². The maximum atomic E-state index is 13.0. The summed E-state index contributed by atoms with van der Waals surface area (Å²) in [5.74, 6) is -0.185. The first-order valence-corrected chi connectivity index (χ1v) is 9.12. The van der Waals surface area contributed by atoms with Gasteiger partial charge in [-0.05, 0) is 56.2 Å². The Bertz CT molecular complexity index is 760. The number of aryl methyl sites for hydroxylation is 2. The van der Waals surface area contributed by atoms with Crippen LogP contribution in [0.2, 0.25) is 0 Å². The van der Waals surface area contributed by atoms with Gasteiger partial charge in [-0.1, -0.05) is 17.7 Å². The van der Waals surface area contributed by atoms with Crippen LogP contribution in [0.1, 0.15) is 24.0 Å². The van der Waals surface area contributed by atoms with Crippen LogP contribution in [0.25, 0.3) is 0 Å². The number of halogens is 1. The molecular weight excluding hydrogens is 329 g/mol. The van der Waals surface area contributed by atoms with Crippen LogP contribution in [-0.4, -0.2) is 31.6 Å². The molecule has 2 N–H and O–H groups in total. The van der Waals surface area contributed by atoms with Gasteiger partial charge in [-0.2, -0.15) is 0 Å². The van der Waals surface area contributed by atoms with E-state index in [2.05, 4.69) is 21.6 Å². The van der Waals surface area contributed by atoms with E-state index in [9.17, 15) is 9.18 Å². The predicted molar refractivity (Wildman–Crippen MR) is 104 cm³/mol. The van der Waals surface area contributed by atoms with Crippen LogP contribution >= 0.6 is 0 Å². The van der Waals surface area contributed by atoms with Gasteiger partial charge in [0.15, 0.2) is 0 Å². The average molecular weight is 355 g/mol. The molecule has 0 bridgehead atoms. The highest BCUT2D eigenvalue weighted by Crippen LogP contribution is 2.20. The number of carbonyl (C=O) groups is 1. The highest BCUT2D eigenvalue weighted by atomic mass is 19.1. The molecule has 0 spiro atoms. The quantitative estimate of drug-likeness (QED) is 0.831. The fourth-order valence-corrected chi connectivity index (χ4v) is 3.37. The first-order valence-electron chi connectivity index (χ1n) is 9.12. The molecule has 0 aliphatic carbocycles. The van der Waals surface area contributed by atoms with Gasteiger partial charge in [0.2, 0.25) is 5.91 Å². The van der Waals surface area contributed by atoms with Gasteiger partial charge in [-0.3, -0.25) is 4.79 Å². The van der Waals surface area contributed by atoms with E-state index in [1.54, 1.807) is 0 Å². The number of carbonyl (C=O) groups excluding carboxylic acids is 1. The standard InChI is InChI=1S/C21H26FN3O/c1-15-3-8-20(16(2)13-15)24-21(26)9-11-23-18-10-12-25(14-18)19-6-4-17(22)5-7-19/h3-8,13,18,23H,9-12,14H2,1-2H3,(H,24,26). The SMILES string of the molecule is Cc1ccc(NC(=O)CCNC2CCN(c3ccc(F)cc3)C2)c(C)c1. The monoisotopic (exact) mass is 355 g/mol. The molecule has 1 fully saturated rings. The van der Waals surface area contributed by atoms with E-state index in [-0.39, 0.29) is 11.7 Å². The zero-order chi connectivity index (χ0) is 18.5. The molecule has 1 amide bonds. The lowest BCUT2D eigenvalue weighted by molar-refractivity contribution is -0.116. The van der Waals surface area contributed by atoms with Crippen molar-refractivity contribution in [3.05, 3.63) is 59.4 Å². The van der Waals surface area contributed by atoms with Gasteiger partial charge in [0.05, 0.1) is 0 Å². The van der Waals surface area contributed by atoms with E-state index in [1.807, 2.05) is 38.1 Å². The molecule has 1 aliphatic heterocycles. The van der Waals surface area contributed by atoms with E-state index < -0.39 is 0 Å². The molecule has 26 heavy (non-hydrogen) atoms. The topological polar surface area (TPSA) is 44.4 Å². The number of nitrogens with zero attached hydrogens (tertiary/aromatic N) is 1. The minimum atomic E-state index is -0.211. The largest absolute Gasteiger partial charge is 0.370 e. The van der Waals surface area contributed by atoms with E-state index in [4.69, 9.17) is 0 Å². The normalized spacial score (nSPS) is 16.7. The van der Waals surface area contributed by atoms with Crippen molar-refractivity contribution in [1.82, 2.24) is 5.32 Å². The van der Waals surface area contributed by atoms with Crippen molar-refractivity contribution in [1.29, 1.82) is 0 Å². The highest BCUT2D eigenvalue weighted by Gasteiger charge is 2.22. The third kappa shape index (κ3) is 4.82. The molecule has 138 valence electrons. The van der Waals surface area contributed by atoms with E-state index in [0.29, 0.717) is 19.0 Å². The summed E-state index contributed by atoms with van der Waals surface area (Å²) < 4.78 is 13.0. The van der Waals surface area contributed by atoms with Crippen molar-refractivity contribution in [2.45, 2.75) is 32.7 Å². The minimum absolute atomic E-state index is 0.0258. The third-order valence-electron chi connectivity index (χ3n) is 4.82. The number of hydrogen-bond donors (Lipinski definition) is 2. The Morgan fingerprint density at radius 3 is 2.69 bits per heavy atom. The van der Waals surface area contributed by atoms with E-state index in [0.717, 1.165) is 36.4 Å². The van der Waals surface area contributed by atoms with Crippen LogP contribution in [0.3, 0.4) is 0 Å². The fraction of sp³-hybridized carbons (Fsp3) is 0.381. The number of nitrogens with one attached hydrogen (secondary N) is 2. The van der Waals surface area contributed by atoms with Gasteiger partial charge >= 0.3 is 0 Å². The molecule has 1 atom stereocenters. The maximum absolute atomic E-state index is 13.0. The molecule has 2 aromatic carbocycles. The minimum Gasteiger partial charge on any atom is -0.370 e. The van der Waals surface area contributed by atoms with Crippen molar-refractivity contribution in [3.63, 3.8) is 0 Å². The Balaban J connectivity index is 1.41. The Kier molecular flexibility index (Phi) is 5.89. The molecule has 0 aromatic heterocycles. The molecular formula is C21H26FN3O. The first kappa shape index (κ1) is 18.4. The lowest BCUT2D eigenvalue weighted by Gasteiger charge is -2.19. The van der Waals surface area contributed by atoms with Crippen molar-refractivity contribution in [2.75, 3.05) is 29.9 Å². The van der Waals surface area contributed by atoms with Crippen LogP contribution in [0, 0.1) is 19.7 Å². The number of rotatable bonds is 6. The fourth-order valence-electron chi connectivity index (χ4n) is 3.37. The lowest BCUT2D eigenvalue weighted by Crippen LogP contribution is -2.34. The first-order chi connectivity index (χ1) is 12.5. The molecule has 0 saturated carbocycles. The number of amides is 1. The van der Waals surface area contributed by atoms with Gasteiger partial charge in [0, 0.05) is 43.5 Å². The van der Waals surface area contributed by atoms with Crippen LogP contribution in [0.15, 0.2) is 42.5 Å².